The Bertz CT molecular complexity index is 1060. The molecule has 1 amide bonds. The molecule has 30 heavy (non-hydrogen) atoms. The van der Waals surface area contributed by atoms with Crippen molar-refractivity contribution in [2.45, 2.75) is 25.6 Å². The molecule has 3 aromatic rings. The van der Waals surface area contributed by atoms with Crippen LogP contribution < -0.4 is 14.8 Å². The first-order valence-electron chi connectivity index (χ1n) is 9.10. The van der Waals surface area contributed by atoms with Gasteiger partial charge in [-0.05, 0) is 36.8 Å². The molecule has 9 heteroatoms. The molecule has 1 aliphatic rings. The fraction of sp³-hybridized carbons (Fsp3) is 0.238. The van der Waals surface area contributed by atoms with Crippen molar-refractivity contribution >= 4 is 17.2 Å². The van der Waals surface area contributed by atoms with Crippen LogP contribution in [0.4, 0.5) is 13.2 Å². The van der Waals surface area contributed by atoms with Crippen LogP contribution in [0.3, 0.4) is 0 Å². The number of fused-ring (bicyclic) bond motifs is 1. The smallest absolute Gasteiger partial charge is 0.416 e. The Balaban J connectivity index is 1.38. The monoisotopic (exact) mass is 434 g/mol. The number of halogens is 3. The van der Waals surface area contributed by atoms with Gasteiger partial charge < -0.3 is 14.8 Å². The normalized spacial score (nSPS) is 13.9. The highest BCUT2D eigenvalue weighted by Crippen LogP contribution is 2.34. The largest absolute Gasteiger partial charge is 0.454 e. The molecule has 1 N–H and O–H groups in total. The van der Waals surface area contributed by atoms with Crippen LogP contribution in [0.15, 0.2) is 47.8 Å². The van der Waals surface area contributed by atoms with E-state index in [4.69, 9.17) is 9.47 Å². The zero-order chi connectivity index (χ0) is 21.3. The second kappa shape index (κ2) is 7.98. The highest BCUT2D eigenvalue weighted by atomic mass is 32.1. The summed E-state index contributed by atoms with van der Waals surface area (Å²) in [5.74, 6) is 1.12. The van der Waals surface area contributed by atoms with Gasteiger partial charge in [0.1, 0.15) is 5.01 Å². The van der Waals surface area contributed by atoms with Crippen molar-refractivity contribution in [1.29, 1.82) is 0 Å². The van der Waals surface area contributed by atoms with E-state index in [0.29, 0.717) is 27.8 Å². The fourth-order valence-electron chi connectivity index (χ4n) is 3.05. The van der Waals surface area contributed by atoms with Gasteiger partial charge in [-0.3, -0.25) is 4.79 Å². The van der Waals surface area contributed by atoms with Gasteiger partial charge in [0, 0.05) is 10.9 Å². The summed E-state index contributed by atoms with van der Waals surface area (Å²) in [6.07, 6.45) is -4.30. The van der Waals surface area contributed by atoms with Crippen LogP contribution in [0.5, 0.6) is 11.5 Å². The van der Waals surface area contributed by atoms with Crippen molar-refractivity contribution < 1.29 is 27.4 Å². The molecule has 1 aromatic heterocycles. The molecule has 0 bridgehead atoms. The molecule has 0 radical (unpaired) electrons. The van der Waals surface area contributed by atoms with Gasteiger partial charge in [-0.1, -0.05) is 18.2 Å². The number of nitrogens with zero attached hydrogens (tertiary/aromatic N) is 1. The van der Waals surface area contributed by atoms with Gasteiger partial charge in [-0.15, -0.1) is 11.3 Å². The average molecular weight is 434 g/mol. The number of carbonyl (C=O) groups excluding carboxylic acids is 1. The lowest BCUT2D eigenvalue weighted by atomic mass is 10.1. The summed E-state index contributed by atoms with van der Waals surface area (Å²) in [4.78, 5) is 16.8. The van der Waals surface area contributed by atoms with Crippen molar-refractivity contribution in [3.63, 3.8) is 0 Å². The lowest BCUT2D eigenvalue weighted by Gasteiger charge is -2.14. The molecule has 0 saturated carbocycles. The van der Waals surface area contributed by atoms with E-state index < -0.39 is 11.7 Å². The van der Waals surface area contributed by atoms with Gasteiger partial charge in [-0.2, -0.15) is 13.2 Å². The number of rotatable bonds is 5. The maximum Gasteiger partial charge on any atom is 0.416 e. The highest BCUT2D eigenvalue weighted by molar-refractivity contribution is 7.13. The Morgan fingerprint density at radius 2 is 1.90 bits per heavy atom. The van der Waals surface area contributed by atoms with E-state index in [1.165, 1.54) is 23.5 Å². The number of nitrogens with one attached hydrogen (secondary N) is 1. The predicted molar refractivity (Wildman–Crippen MR) is 105 cm³/mol. The summed E-state index contributed by atoms with van der Waals surface area (Å²) in [5.41, 5.74) is 1.31. The van der Waals surface area contributed by atoms with Gasteiger partial charge in [-0.25, -0.2) is 4.98 Å². The van der Waals surface area contributed by atoms with Crippen molar-refractivity contribution in [3.8, 4) is 22.1 Å². The molecular formula is C21H17F3N2O3S. The molecule has 0 saturated heterocycles. The molecule has 0 spiro atoms. The second-order valence-corrected chi connectivity index (χ2v) is 7.66. The lowest BCUT2D eigenvalue weighted by molar-refractivity contribution is -0.137. The SMILES string of the molecule is CC(NC(=O)Cc1csc(-c2ccc(C(F)(F)F)cc2)n1)c1ccc2c(c1)OCO2. The van der Waals surface area contributed by atoms with E-state index in [1.54, 1.807) is 11.4 Å². The van der Waals surface area contributed by atoms with Crippen LogP contribution in [0.2, 0.25) is 0 Å². The number of ether oxygens (including phenoxy) is 2. The van der Waals surface area contributed by atoms with Gasteiger partial charge in [0.15, 0.2) is 11.5 Å². The van der Waals surface area contributed by atoms with Gasteiger partial charge in [0.25, 0.3) is 0 Å². The first kappa shape index (κ1) is 20.2. The fourth-order valence-corrected chi connectivity index (χ4v) is 3.87. The predicted octanol–water partition coefficient (Wildman–Crippen LogP) is 4.98. The molecule has 4 rings (SSSR count). The second-order valence-electron chi connectivity index (χ2n) is 6.80. The summed E-state index contributed by atoms with van der Waals surface area (Å²) in [7, 11) is 0. The van der Waals surface area contributed by atoms with Crippen LogP contribution in [0.25, 0.3) is 10.6 Å². The molecule has 1 aliphatic heterocycles. The van der Waals surface area contributed by atoms with Crippen LogP contribution in [-0.4, -0.2) is 17.7 Å². The van der Waals surface area contributed by atoms with Crippen molar-refractivity contribution in [2.24, 2.45) is 0 Å². The average Bonchev–Trinajstić information content (AvgIpc) is 3.36. The van der Waals surface area contributed by atoms with Crippen LogP contribution in [0, 0.1) is 0 Å². The minimum atomic E-state index is -4.38. The van der Waals surface area contributed by atoms with Crippen LogP contribution >= 0.6 is 11.3 Å². The summed E-state index contributed by atoms with van der Waals surface area (Å²) in [6, 6.07) is 10.1. The molecule has 5 nitrogen and oxygen atoms in total. The number of aromatic nitrogens is 1. The summed E-state index contributed by atoms with van der Waals surface area (Å²) in [5, 5.41) is 5.21. The standard InChI is InChI=1S/C21H17F3N2O3S/c1-12(14-4-7-17-18(8-14)29-11-28-17)25-19(27)9-16-10-30-20(26-16)13-2-5-15(6-3-13)21(22,23)24/h2-8,10,12H,9,11H2,1H3,(H,25,27). The highest BCUT2D eigenvalue weighted by Gasteiger charge is 2.30. The Morgan fingerprint density at radius 3 is 2.63 bits per heavy atom. The third-order valence-corrected chi connectivity index (χ3v) is 5.57. The van der Waals surface area contributed by atoms with E-state index in [1.807, 2.05) is 19.1 Å². The number of amides is 1. The Labute approximate surface area is 174 Å². The third kappa shape index (κ3) is 4.40. The zero-order valence-electron chi connectivity index (χ0n) is 15.8. The quantitative estimate of drug-likeness (QED) is 0.616. The Kier molecular flexibility index (Phi) is 5.38. The number of hydrogen-bond donors (Lipinski definition) is 1. The number of hydrogen-bond acceptors (Lipinski definition) is 5. The first-order valence-corrected chi connectivity index (χ1v) is 9.98. The van der Waals surface area contributed by atoms with Gasteiger partial charge >= 0.3 is 6.18 Å². The minimum absolute atomic E-state index is 0.0754. The van der Waals surface area contributed by atoms with E-state index in [2.05, 4.69) is 10.3 Å². The summed E-state index contributed by atoms with van der Waals surface area (Å²) in [6.45, 7) is 2.05. The van der Waals surface area contributed by atoms with Gasteiger partial charge in [0.05, 0.1) is 23.7 Å². The molecule has 0 fully saturated rings. The zero-order valence-corrected chi connectivity index (χ0v) is 16.6. The number of carbonyl (C=O) groups is 1. The topological polar surface area (TPSA) is 60.5 Å². The lowest BCUT2D eigenvalue weighted by Crippen LogP contribution is -2.28. The Hall–Kier alpha value is -3.07. The molecule has 2 heterocycles. The van der Waals surface area contributed by atoms with Crippen molar-refractivity contribution in [3.05, 3.63) is 64.7 Å². The molecule has 1 unspecified atom stereocenters. The van der Waals surface area contributed by atoms with E-state index >= 15 is 0 Å². The number of alkyl halides is 3. The molecule has 2 aromatic carbocycles. The Morgan fingerprint density at radius 1 is 1.17 bits per heavy atom. The summed E-state index contributed by atoms with van der Waals surface area (Å²) < 4.78 is 48.7. The first-order chi connectivity index (χ1) is 14.3. The van der Waals surface area contributed by atoms with Crippen LogP contribution in [-0.2, 0) is 17.4 Å². The van der Waals surface area contributed by atoms with Gasteiger partial charge in [0.2, 0.25) is 12.7 Å². The number of thiazole rings is 1. The van der Waals surface area contributed by atoms with Crippen LogP contribution in [0.1, 0.15) is 29.8 Å². The minimum Gasteiger partial charge on any atom is -0.454 e. The maximum atomic E-state index is 12.7. The van der Waals surface area contributed by atoms with E-state index in [9.17, 15) is 18.0 Å². The van der Waals surface area contributed by atoms with Crippen molar-refractivity contribution in [2.75, 3.05) is 6.79 Å². The maximum absolute atomic E-state index is 12.7. The molecular weight excluding hydrogens is 417 g/mol. The summed E-state index contributed by atoms with van der Waals surface area (Å²) >= 11 is 1.28. The van der Waals surface area contributed by atoms with E-state index in [0.717, 1.165) is 17.7 Å². The third-order valence-electron chi connectivity index (χ3n) is 4.63. The van der Waals surface area contributed by atoms with Crippen molar-refractivity contribution in [1.82, 2.24) is 10.3 Å². The molecule has 0 aliphatic carbocycles. The molecule has 1 atom stereocenters. The number of benzene rings is 2. The molecule has 156 valence electrons. The van der Waals surface area contributed by atoms with E-state index in [-0.39, 0.29) is 25.2 Å².